The molecule has 4 nitrogen and oxygen atoms in total. The molecule has 1 aromatic rings. The first-order chi connectivity index (χ1) is 9.90. The van der Waals surface area contributed by atoms with Crippen LogP contribution in [0.4, 0.5) is 0 Å². The fourth-order valence-corrected chi connectivity index (χ4v) is 2.57. The summed E-state index contributed by atoms with van der Waals surface area (Å²) in [6, 6.07) is 5.89. The van der Waals surface area contributed by atoms with Crippen LogP contribution >= 0.6 is 0 Å². The molecule has 4 heteroatoms. The van der Waals surface area contributed by atoms with E-state index in [0.717, 1.165) is 12.8 Å². The molecule has 0 spiro atoms. The molecule has 2 N–H and O–H groups in total. The number of aliphatic carboxylic acids is 1. The van der Waals surface area contributed by atoms with Crippen LogP contribution in [-0.2, 0) is 17.6 Å². The van der Waals surface area contributed by atoms with Crippen molar-refractivity contribution < 1.29 is 14.7 Å². The van der Waals surface area contributed by atoms with Crippen molar-refractivity contribution in [2.75, 3.05) is 6.54 Å². The van der Waals surface area contributed by atoms with E-state index in [1.807, 2.05) is 18.2 Å². The van der Waals surface area contributed by atoms with Gasteiger partial charge < -0.3 is 10.4 Å². The Morgan fingerprint density at radius 2 is 1.86 bits per heavy atom. The monoisotopic (exact) mass is 289 g/mol. The van der Waals surface area contributed by atoms with Crippen LogP contribution in [-0.4, -0.2) is 23.5 Å². The summed E-state index contributed by atoms with van der Waals surface area (Å²) in [6.45, 7) is 3.70. The Morgan fingerprint density at radius 3 is 2.52 bits per heavy atom. The molecular weight excluding hydrogens is 266 g/mol. The molecule has 0 radical (unpaired) electrons. The van der Waals surface area contributed by atoms with Crippen molar-refractivity contribution in [2.45, 2.75) is 46.0 Å². The Bertz CT molecular complexity index is 549. The van der Waals surface area contributed by atoms with Crippen LogP contribution < -0.4 is 5.32 Å². The second-order valence-corrected chi connectivity index (χ2v) is 6.39. The number of nitrogens with one attached hydrogen (secondary N) is 1. The summed E-state index contributed by atoms with van der Waals surface area (Å²) < 4.78 is 0. The molecule has 21 heavy (non-hydrogen) atoms. The van der Waals surface area contributed by atoms with Crippen molar-refractivity contribution in [3.05, 3.63) is 34.9 Å². The molecule has 0 heterocycles. The summed E-state index contributed by atoms with van der Waals surface area (Å²) in [5, 5.41) is 11.9. The lowest BCUT2D eigenvalue weighted by atomic mass is 9.89. The first kappa shape index (κ1) is 15.5. The van der Waals surface area contributed by atoms with Gasteiger partial charge in [-0.25, -0.2) is 0 Å². The highest BCUT2D eigenvalue weighted by Gasteiger charge is 2.26. The van der Waals surface area contributed by atoms with Gasteiger partial charge in [-0.05, 0) is 69.2 Å². The van der Waals surface area contributed by atoms with Crippen molar-refractivity contribution >= 4 is 11.9 Å². The number of carbonyl (C=O) groups excluding carboxylic acids is 1. The maximum absolute atomic E-state index is 12.1. The number of carboxylic acid groups (broad SMARTS) is 1. The van der Waals surface area contributed by atoms with Gasteiger partial charge in [-0.15, -0.1) is 0 Å². The summed E-state index contributed by atoms with van der Waals surface area (Å²) in [5.41, 5.74) is 2.48. The number of aryl methyl sites for hydroxylation is 2. The Labute approximate surface area is 125 Å². The topological polar surface area (TPSA) is 66.4 Å². The van der Waals surface area contributed by atoms with Gasteiger partial charge in [-0.1, -0.05) is 6.07 Å². The zero-order valence-electron chi connectivity index (χ0n) is 12.7. The summed E-state index contributed by atoms with van der Waals surface area (Å²) in [6.07, 6.45) is 4.97. The number of carbonyl (C=O) groups is 2. The van der Waals surface area contributed by atoms with E-state index in [1.165, 1.54) is 24.0 Å². The van der Waals surface area contributed by atoms with Crippen LogP contribution in [0.5, 0.6) is 0 Å². The fourth-order valence-electron chi connectivity index (χ4n) is 2.57. The standard InChI is InChI=1S/C17H23NO3/c1-17(2,16(20)21)9-10-18-15(19)14-8-7-12-5-3-4-6-13(12)11-14/h7-8,11H,3-6,9-10H2,1-2H3,(H,18,19)(H,20,21). The normalized spacial score (nSPS) is 14.4. The van der Waals surface area contributed by atoms with Crippen LogP contribution in [0.2, 0.25) is 0 Å². The average Bonchev–Trinajstić information content (AvgIpc) is 2.46. The lowest BCUT2D eigenvalue weighted by molar-refractivity contribution is -0.147. The van der Waals surface area contributed by atoms with Gasteiger partial charge in [0.1, 0.15) is 0 Å². The lowest BCUT2D eigenvalue weighted by Gasteiger charge is -2.19. The fraction of sp³-hybridized carbons (Fsp3) is 0.529. The molecule has 0 fully saturated rings. The van der Waals surface area contributed by atoms with E-state index < -0.39 is 11.4 Å². The van der Waals surface area contributed by atoms with Crippen LogP contribution in [0, 0.1) is 5.41 Å². The number of hydrogen-bond donors (Lipinski definition) is 2. The highest BCUT2D eigenvalue weighted by atomic mass is 16.4. The third-order valence-corrected chi connectivity index (χ3v) is 4.23. The number of fused-ring (bicyclic) bond motifs is 1. The van der Waals surface area contributed by atoms with Crippen molar-refractivity contribution in [1.29, 1.82) is 0 Å². The number of rotatable bonds is 5. The molecule has 0 saturated carbocycles. The van der Waals surface area contributed by atoms with Crippen molar-refractivity contribution in [3.8, 4) is 0 Å². The second kappa shape index (κ2) is 6.29. The molecule has 0 atom stereocenters. The molecule has 1 aliphatic rings. The van der Waals surface area contributed by atoms with Crippen LogP contribution in [0.1, 0.15) is 54.6 Å². The quantitative estimate of drug-likeness (QED) is 0.876. The zero-order valence-corrected chi connectivity index (χ0v) is 12.7. The van der Waals surface area contributed by atoms with E-state index in [9.17, 15) is 9.59 Å². The van der Waals surface area contributed by atoms with E-state index >= 15 is 0 Å². The molecule has 1 aliphatic carbocycles. The Morgan fingerprint density at radius 1 is 1.19 bits per heavy atom. The number of amides is 1. The minimum absolute atomic E-state index is 0.121. The molecule has 0 aromatic heterocycles. The summed E-state index contributed by atoms with van der Waals surface area (Å²) in [4.78, 5) is 23.1. The van der Waals surface area contributed by atoms with Gasteiger partial charge in [0.15, 0.2) is 0 Å². The van der Waals surface area contributed by atoms with Crippen molar-refractivity contribution in [3.63, 3.8) is 0 Å². The molecule has 2 rings (SSSR count). The third-order valence-electron chi connectivity index (χ3n) is 4.23. The van der Waals surface area contributed by atoms with E-state index in [-0.39, 0.29) is 5.91 Å². The maximum atomic E-state index is 12.1. The summed E-state index contributed by atoms with van der Waals surface area (Å²) >= 11 is 0. The molecule has 0 saturated heterocycles. The average molecular weight is 289 g/mol. The first-order valence-electron chi connectivity index (χ1n) is 7.53. The molecule has 1 aromatic carbocycles. The largest absolute Gasteiger partial charge is 0.481 e. The van der Waals surface area contributed by atoms with Crippen molar-refractivity contribution in [1.82, 2.24) is 5.32 Å². The minimum atomic E-state index is -0.842. The SMILES string of the molecule is CC(C)(CCNC(=O)c1ccc2c(c1)CCCC2)C(=O)O. The second-order valence-electron chi connectivity index (χ2n) is 6.39. The molecule has 0 bridgehead atoms. The number of hydrogen-bond acceptors (Lipinski definition) is 2. The predicted molar refractivity (Wildman–Crippen MR) is 81.5 cm³/mol. The third kappa shape index (κ3) is 3.84. The smallest absolute Gasteiger partial charge is 0.309 e. The molecule has 1 amide bonds. The van der Waals surface area contributed by atoms with Crippen molar-refractivity contribution in [2.24, 2.45) is 5.41 Å². The maximum Gasteiger partial charge on any atom is 0.309 e. The molecule has 114 valence electrons. The summed E-state index contributed by atoms with van der Waals surface area (Å²) in [5.74, 6) is -0.963. The van der Waals surface area contributed by atoms with Gasteiger partial charge in [0.25, 0.3) is 5.91 Å². The predicted octanol–water partition coefficient (Wildman–Crippen LogP) is 2.80. The molecule has 0 unspecified atom stereocenters. The Kier molecular flexibility index (Phi) is 4.66. The van der Waals surface area contributed by atoms with Gasteiger partial charge in [-0.3, -0.25) is 9.59 Å². The van der Waals surface area contributed by atoms with Gasteiger partial charge in [0.05, 0.1) is 5.41 Å². The van der Waals surface area contributed by atoms with Crippen LogP contribution in [0.15, 0.2) is 18.2 Å². The zero-order chi connectivity index (χ0) is 15.5. The highest BCUT2D eigenvalue weighted by molar-refractivity contribution is 5.94. The van der Waals surface area contributed by atoms with E-state index in [4.69, 9.17) is 5.11 Å². The van der Waals surface area contributed by atoms with Crippen LogP contribution in [0.3, 0.4) is 0 Å². The molecule has 0 aliphatic heterocycles. The Hall–Kier alpha value is -1.84. The lowest BCUT2D eigenvalue weighted by Crippen LogP contribution is -2.32. The van der Waals surface area contributed by atoms with Gasteiger partial charge >= 0.3 is 5.97 Å². The summed E-state index contributed by atoms with van der Waals surface area (Å²) in [7, 11) is 0. The van der Waals surface area contributed by atoms with E-state index in [2.05, 4.69) is 5.32 Å². The highest BCUT2D eigenvalue weighted by Crippen LogP contribution is 2.22. The molecular formula is C17H23NO3. The minimum Gasteiger partial charge on any atom is -0.481 e. The first-order valence-corrected chi connectivity index (χ1v) is 7.53. The van der Waals surface area contributed by atoms with E-state index in [1.54, 1.807) is 13.8 Å². The Balaban J connectivity index is 1.93. The number of benzene rings is 1. The van der Waals surface area contributed by atoms with Gasteiger partial charge in [-0.2, -0.15) is 0 Å². The van der Waals surface area contributed by atoms with E-state index in [0.29, 0.717) is 18.5 Å². The van der Waals surface area contributed by atoms with Gasteiger partial charge in [0, 0.05) is 12.1 Å². The van der Waals surface area contributed by atoms with Gasteiger partial charge in [0.2, 0.25) is 0 Å². The van der Waals surface area contributed by atoms with Crippen LogP contribution in [0.25, 0.3) is 0 Å². The number of carboxylic acids is 1.